The predicted molar refractivity (Wildman–Crippen MR) is 340 cm³/mol. The minimum Gasteiger partial charge on any atom is -0.872 e. The van der Waals surface area contributed by atoms with Crippen LogP contribution >= 0.6 is 0 Å². The number of carboxylic acids is 6. The molecule has 0 fully saturated rings. The monoisotopic (exact) mass is 2020 g/mol. The molecule has 0 aromatic heterocycles. The zero-order valence-corrected chi connectivity index (χ0v) is 62.7. The SMILES string of the molecule is NCCN(CCN=Cc1cccc(C(=O)[O-])c1[O-])CCN=Cc1cccc(C(=O)[O-])c1[O-].NCCN(CCN=Cc1cccc(C(=O)[O-])c1[O-])CCN=Cc1cccc(C(=O)[O-])c1[O-].O.O.O.O.O.O.O.O.O.O.O.O.O=Cc1cccc(C(=O)[O-])c1[O-].O=Cc1cccc(C(=O)[O-])c1[O-].[Er+3].[Er].[Ni+2].[Ni+2].[Ni+2].[Ni+3].[OH-].[OH-]. The van der Waals surface area contributed by atoms with Crippen molar-refractivity contribution in [1.82, 2.24) is 9.80 Å². The van der Waals surface area contributed by atoms with Crippen LogP contribution in [0.4, 0.5) is 0 Å². The number of benzene rings is 6. The molecule has 42 nitrogen and oxygen atoms in total. The van der Waals surface area contributed by atoms with Gasteiger partial charge in [0.05, 0.1) is 62.0 Å². The molecule has 0 saturated carbocycles. The molecule has 0 unspecified atom stereocenters. The van der Waals surface area contributed by atoms with Crippen molar-refractivity contribution in [2.75, 3.05) is 78.5 Å². The fourth-order valence-corrected chi connectivity index (χ4v) is 7.37. The van der Waals surface area contributed by atoms with Crippen LogP contribution < -0.4 is 72.7 Å². The summed E-state index contributed by atoms with van der Waals surface area (Å²) < 4.78 is 0. The smallest absolute Gasteiger partial charge is 0.872 e. The summed E-state index contributed by atoms with van der Waals surface area (Å²) >= 11 is 0. The van der Waals surface area contributed by atoms with Gasteiger partial charge in [-0.15, -0.1) is 0 Å². The van der Waals surface area contributed by atoms with E-state index in [-0.39, 0.29) is 251 Å². The number of aldehydes is 2. The van der Waals surface area contributed by atoms with E-state index in [4.69, 9.17) is 11.5 Å². The van der Waals surface area contributed by atoms with Crippen molar-refractivity contribution < 1.29 is 317 Å². The van der Waals surface area contributed by atoms with Gasteiger partial charge in [-0.2, -0.15) is 0 Å². The summed E-state index contributed by atoms with van der Waals surface area (Å²) in [4.78, 5) is 105. The molecule has 6 aromatic rings. The minimum absolute atomic E-state index is 0. The van der Waals surface area contributed by atoms with Crippen molar-refractivity contribution in [2.24, 2.45) is 31.4 Å². The van der Waals surface area contributed by atoms with Gasteiger partial charge in [0, 0.05) is 126 Å². The van der Waals surface area contributed by atoms with E-state index in [1.54, 1.807) is 0 Å². The van der Waals surface area contributed by atoms with Crippen LogP contribution in [0.3, 0.4) is 0 Å². The second kappa shape index (κ2) is 79.3. The summed E-state index contributed by atoms with van der Waals surface area (Å²) in [5, 5.41) is 134. The Bertz CT molecular complexity index is 3210. The molecule has 30 N–H and O–H groups in total. The van der Waals surface area contributed by atoms with E-state index in [1.807, 2.05) is 9.80 Å². The van der Waals surface area contributed by atoms with Crippen molar-refractivity contribution in [3.63, 3.8) is 0 Å². The number of hydrogen-bond donors (Lipinski definition) is 2. The molecule has 0 aliphatic heterocycles. The van der Waals surface area contributed by atoms with E-state index in [0.29, 0.717) is 91.1 Å². The standard InChI is InChI=1S/2C22H26N4O6.2C8H6O4.2Er.4Ni.14H2O/c2*23-7-10-26(11-8-24-13-15-3-1-5-17(19(15)27)21(29)30)12-9-25-14-16-4-2-6-18(20(16)28)22(31)32;2*9-4-5-2-1-3-6(7(5)10)8(11)12;;;;;;;;;;;;;;;;;;;;/h2*1-6,13-14,27-28H,7-12,23H2,(H,29,30)(H,31,32);2*1-4,10H,(H,11,12);;;;;;;14*1H2/q;;;;;+3;3*+2;+3;;;;;;;;;;;;;;/p-14. The normalized spacial score (nSPS) is 8.93. The van der Waals surface area contributed by atoms with Gasteiger partial charge in [-0.05, 0) is 55.6 Å². The van der Waals surface area contributed by atoms with Crippen molar-refractivity contribution in [3.05, 3.63) is 176 Å². The molecule has 0 atom stereocenters. The summed E-state index contributed by atoms with van der Waals surface area (Å²) in [5.74, 6) is -13.5. The molecule has 6 rings (SSSR count). The Morgan fingerprint density at radius 1 is 0.315 bits per heavy atom. The molecular weight excluding hydrogens is 1950 g/mol. The number of para-hydroxylation sites is 6. The van der Waals surface area contributed by atoms with Gasteiger partial charge >= 0.3 is 103 Å². The Kier molecular flexibility index (Phi) is 107. The largest absolute Gasteiger partial charge is 3.00 e. The Balaban J connectivity index is -0.0000000629. The maximum absolute atomic E-state index is 12.0. The summed E-state index contributed by atoms with van der Waals surface area (Å²) in [6.45, 7) is 5.41. The first-order valence-electron chi connectivity index (χ1n) is 25.9. The molecule has 628 valence electrons. The summed E-state index contributed by atoms with van der Waals surface area (Å²) in [7, 11) is 0. The quantitative estimate of drug-likeness (QED) is 0.0262. The maximum Gasteiger partial charge on any atom is 3.00 e. The number of carbonyl (C=O) groups excluding carboxylic acids is 8. The van der Waals surface area contributed by atoms with Crippen LogP contribution in [-0.2, 0) is 66.0 Å². The second-order valence-corrected chi connectivity index (χ2v) is 17.7. The molecule has 2 radical (unpaired) electrons. The number of hydrogen-bond acceptors (Lipinski definition) is 30. The zero-order chi connectivity index (χ0) is 65.3. The zero-order valence-electron chi connectivity index (χ0n) is 55.1. The Labute approximate surface area is 713 Å². The van der Waals surface area contributed by atoms with Crippen molar-refractivity contribution in [1.29, 1.82) is 0 Å². The van der Waals surface area contributed by atoms with Crippen molar-refractivity contribution in [2.45, 2.75) is 0 Å². The number of carboxylic acid groups (broad SMARTS) is 6. The van der Waals surface area contributed by atoms with Gasteiger partial charge < -0.3 is 178 Å². The molecule has 0 aliphatic rings. The van der Waals surface area contributed by atoms with Crippen molar-refractivity contribution in [3.8, 4) is 34.5 Å². The second-order valence-electron chi connectivity index (χ2n) is 17.7. The van der Waals surface area contributed by atoms with Crippen LogP contribution in [0.25, 0.3) is 0 Å². The van der Waals surface area contributed by atoms with Crippen LogP contribution in [0, 0.1) is 74.6 Å². The molecule has 0 heterocycles. The van der Waals surface area contributed by atoms with Crippen LogP contribution in [0.1, 0.15) is 105 Å². The molecule has 6 aromatic carbocycles. The third-order valence-electron chi connectivity index (χ3n) is 11.8. The van der Waals surface area contributed by atoms with Crippen LogP contribution in [0.2, 0.25) is 0 Å². The molecule has 48 heteroatoms. The van der Waals surface area contributed by atoms with Gasteiger partial charge in [0.2, 0.25) is 0 Å². The van der Waals surface area contributed by atoms with E-state index in [9.17, 15) is 99.6 Å². The van der Waals surface area contributed by atoms with Gasteiger partial charge in [-0.25, -0.2) is 0 Å². The van der Waals surface area contributed by atoms with Gasteiger partial charge in [-0.1, -0.05) is 144 Å². The van der Waals surface area contributed by atoms with Crippen LogP contribution in [0.5, 0.6) is 34.5 Å². The average Bonchev–Trinajstić information content (AvgIpc) is 0.890. The molecule has 0 bridgehead atoms. The molecule has 108 heavy (non-hydrogen) atoms. The van der Waals surface area contributed by atoms with E-state index in [0.717, 1.165) is 12.1 Å². The average molecular weight is 2020 g/mol. The molecular formula is C60H78Er2N8Ni4O34-2. The summed E-state index contributed by atoms with van der Waals surface area (Å²) in [5.41, 5.74) is 8.93. The van der Waals surface area contributed by atoms with Gasteiger partial charge in [-0.3, -0.25) is 39.4 Å². The number of carbonyl (C=O) groups is 8. The maximum atomic E-state index is 12.0. The number of aliphatic imine (C=N–C) groups is 4. The van der Waals surface area contributed by atoms with E-state index >= 15 is 0 Å². The van der Waals surface area contributed by atoms with E-state index < -0.39 is 104 Å². The third kappa shape index (κ3) is 49.0. The Morgan fingerprint density at radius 2 is 0.463 bits per heavy atom. The van der Waals surface area contributed by atoms with Crippen molar-refractivity contribution >= 4 is 73.2 Å². The fourth-order valence-electron chi connectivity index (χ4n) is 7.37. The van der Waals surface area contributed by atoms with Crippen LogP contribution in [0.15, 0.2) is 129 Å². The van der Waals surface area contributed by atoms with E-state index in [1.165, 1.54) is 122 Å². The fraction of sp³-hybridized carbons (Fsp3) is 0.200. The van der Waals surface area contributed by atoms with E-state index in [2.05, 4.69) is 20.0 Å². The predicted octanol–water partition coefficient (Wildman–Crippen LogP) is -17.7. The van der Waals surface area contributed by atoms with Gasteiger partial charge in [0.1, 0.15) is 12.6 Å². The summed E-state index contributed by atoms with van der Waals surface area (Å²) in [6.07, 6.45) is 5.94. The van der Waals surface area contributed by atoms with Crippen LogP contribution in [-0.4, -0.2) is 238 Å². The number of rotatable bonds is 28. The molecule has 0 spiro atoms. The minimum atomic E-state index is -1.57. The van der Waals surface area contributed by atoms with Gasteiger partial charge in [0.25, 0.3) is 0 Å². The number of nitrogens with zero attached hydrogens (tertiary/aromatic N) is 6. The molecule has 0 amide bonds. The Hall–Kier alpha value is -7.29. The van der Waals surface area contributed by atoms with Gasteiger partial charge in [0.15, 0.2) is 0 Å². The first-order chi connectivity index (χ1) is 42.0. The Morgan fingerprint density at radius 3 is 0.602 bits per heavy atom. The first kappa shape index (κ1) is 146. The third-order valence-corrected chi connectivity index (χ3v) is 11.8. The number of nitrogens with two attached hydrogens (primary N) is 2. The molecule has 0 saturated heterocycles. The topological polar surface area (TPSA) is 959 Å². The molecule has 0 aliphatic carbocycles. The number of aromatic carboxylic acids is 6. The first-order valence-corrected chi connectivity index (χ1v) is 25.9. The summed E-state index contributed by atoms with van der Waals surface area (Å²) in [6, 6.07) is 23.8.